The molecule has 0 saturated carbocycles. The highest BCUT2D eigenvalue weighted by molar-refractivity contribution is 7.89. The van der Waals surface area contributed by atoms with Gasteiger partial charge in [0.1, 0.15) is 4.90 Å². The Morgan fingerprint density at radius 1 is 0.833 bits per heavy atom. The number of hydrogen-bond donors (Lipinski definition) is 2. The van der Waals surface area contributed by atoms with Gasteiger partial charge in [0.25, 0.3) is 5.56 Å². The van der Waals surface area contributed by atoms with E-state index in [-0.39, 0.29) is 46.9 Å². The fourth-order valence-corrected chi connectivity index (χ4v) is 6.09. The maximum Gasteiger partial charge on any atom is 0.326 e. The molecule has 2 aromatic heterocycles. The average molecular weight is 451 g/mol. The van der Waals surface area contributed by atoms with Crippen molar-refractivity contribution in [2.24, 2.45) is 0 Å². The van der Waals surface area contributed by atoms with Crippen LogP contribution < -0.4 is 11.2 Å². The molecule has 0 spiro atoms. The van der Waals surface area contributed by atoms with Gasteiger partial charge in [-0.3, -0.25) is 14.8 Å². The number of nitrogens with one attached hydrogen (secondary N) is 2. The number of sulfonamides is 2. The minimum Gasteiger partial charge on any atom is -0.307 e. The van der Waals surface area contributed by atoms with Crippen molar-refractivity contribution in [1.29, 1.82) is 0 Å². The fraction of sp³-hybridized carbons (Fsp3) is 0.235. The number of rotatable bonds is 4. The van der Waals surface area contributed by atoms with E-state index < -0.39 is 31.3 Å². The number of pyridine rings is 1. The van der Waals surface area contributed by atoms with Gasteiger partial charge in [-0.25, -0.2) is 21.6 Å². The maximum absolute atomic E-state index is 13.0. The first kappa shape index (κ1) is 20.4. The minimum absolute atomic E-state index is 0.0159. The average Bonchev–Trinajstić information content (AvgIpc) is 2.74. The summed E-state index contributed by atoms with van der Waals surface area (Å²) in [5, 5.41) is 0.0356. The van der Waals surface area contributed by atoms with Gasteiger partial charge in [0.2, 0.25) is 20.0 Å². The van der Waals surface area contributed by atoms with Gasteiger partial charge in [0, 0.05) is 38.6 Å². The van der Waals surface area contributed by atoms with E-state index in [1.807, 2.05) is 0 Å². The molecule has 1 aliphatic heterocycles. The normalized spacial score (nSPS) is 16.7. The summed E-state index contributed by atoms with van der Waals surface area (Å²) in [5.41, 5.74) is -1.16. The Balaban J connectivity index is 1.58. The smallest absolute Gasteiger partial charge is 0.307 e. The minimum atomic E-state index is -3.96. The summed E-state index contributed by atoms with van der Waals surface area (Å²) in [4.78, 5) is 31.6. The van der Waals surface area contributed by atoms with Crippen LogP contribution in [-0.2, 0) is 20.0 Å². The third-order valence-electron chi connectivity index (χ3n) is 4.82. The lowest BCUT2D eigenvalue weighted by molar-refractivity contribution is 0.273. The largest absolute Gasteiger partial charge is 0.326 e. The number of piperazine rings is 1. The number of H-pyrrole nitrogens is 2. The number of hydrogen-bond acceptors (Lipinski definition) is 7. The Kier molecular flexibility index (Phi) is 5.05. The summed E-state index contributed by atoms with van der Waals surface area (Å²) in [5.74, 6) is 0. The molecule has 0 aliphatic carbocycles. The number of aromatic nitrogens is 3. The molecule has 13 heteroatoms. The third-order valence-corrected chi connectivity index (χ3v) is 8.60. The Hall–Kier alpha value is -2.87. The van der Waals surface area contributed by atoms with Gasteiger partial charge in [-0.1, -0.05) is 0 Å². The number of aromatic amines is 2. The topological polar surface area (TPSA) is 153 Å². The molecule has 2 N–H and O–H groups in total. The third kappa shape index (κ3) is 3.56. The molecule has 158 valence electrons. The predicted octanol–water partition coefficient (Wildman–Crippen LogP) is -0.693. The molecule has 3 heterocycles. The van der Waals surface area contributed by atoms with Crippen LogP contribution in [-0.4, -0.2) is 66.6 Å². The lowest BCUT2D eigenvalue weighted by Gasteiger charge is -2.33. The first-order valence-electron chi connectivity index (χ1n) is 8.86. The fourth-order valence-electron chi connectivity index (χ4n) is 3.25. The molecule has 0 atom stereocenters. The van der Waals surface area contributed by atoms with E-state index in [0.29, 0.717) is 0 Å². The standard InChI is InChI=1S/C17H17N5O6S2/c23-16-14-10-12(3-4-15(14)19-17(24)20-16)29(25,26)21-6-8-22(9-7-21)30(27,28)13-2-1-5-18-11-13/h1-5,10-11H,6-9H2,(H2,19,20,23,24). The lowest BCUT2D eigenvalue weighted by atomic mass is 10.2. The SMILES string of the molecule is O=c1[nH]c(=O)c2cc(S(=O)(=O)N3CCN(S(=O)(=O)c4cccnc4)CC3)ccc2[nH]1. The van der Waals surface area contributed by atoms with Crippen molar-refractivity contribution in [2.75, 3.05) is 26.2 Å². The van der Waals surface area contributed by atoms with Crippen molar-refractivity contribution < 1.29 is 16.8 Å². The first-order valence-corrected chi connectivity index (χ1v) is 11.7. The van der Waals surface area contributed by atoms with Gasteiger partial charge < -0.3 is 4.98 Å². The number of benzene rings is 1. The lowest BCUT2D eigenvalue weighted by Crippen LogP contribution is -2.50. The summed E-state index contributed by atoms with van der Waals surface area (Å²) in [6.45, 7) is -0.112. The summed E-state index contributed by atoms with van der Waals surface area (Å²) in [6.07, 6.45) is 2.71. The van der Waals surface area contributed by atoms with E-state index >= 15 is 0 Å². The molecule has 1 saturated heterocycles. The van der Waals surface area contributed by atoms with Gasteiger partial charge in [-0.05, 0) is 30.3 Å². The monoisotopic (exact) mass is 451 g/mol. The van der Waals surface area contributed by atoms with Crippen LogP contribution >= 0.6 is 0 Å². The van der Waals surface area contributed by atoms with Crippen molar-refractivity contribution in [3.63, 3.8) is 0 Å². The zero-order valence-electron chi connectivity index (χ0n) is 15.5. The van der Waals surface area contributed by atoms with Crippen LogP contribution in [0.4, 0.5) is 0 Å². The van der Waals surface area contributed by atoms with Crippen molar-refractivity contribution in [3.8, 4) is 0 Å². The Morgan fingerprint density at radius 2 is 1.47 bits per heavy atom. The molecule has 3 aromatic rings. The molecule has 1 aromatic carbocycles. The Bertz CT molecular complexity index is 1420. The quantitative estimate of drug-likeness (QED) is 0.532. The second kappa shape index (κ2) is 7.43. The van der Waals surface area contributed by atoms with Crippen LogP contribution in [0.1, 0.15) is 0 Å². The van der Waals surface area contributed by atoms with E-state index in [2.05, 4.69) is 15.0 Å². The molecular formula is C17H17N5O6S2. The van der Waals surface area contributed by atoms with E-state index in [1.165, 1.54) is 51.3 Å². The van der Waals surface area contributed by atoms with E-state index in [0.717, 1.165) is 0 Å². The second-order valence-corrected chi connectivity index (χ2v) is 10.5. The van der Waals surface area contributed by atoms with E-state index in [9.17, 15) is 26.4 Å². The van der Waals surface area contributed by atoms with Crippen LogP contribution in [0, 0.1) is 0 Å². The Morgan fingerprint density at radius 3 is 2.07 bits per heavy atom. The van der Waals surface area contributed by atoms with Gasteiger partial charge in [-0.15, -0.1) is 0 Å². The van der Waals surface area contributed by atoms with Gasteiger partial charge in [0.05, 0.1) is 15.8 Å². The van der Waals surface area contributed by atoms with Crippen molar-refractivity contribution >= 4 is 30.9 Å². The van der Waals surface area contributed by atoms with Crippen LogP contribution in [0.25, 0.3) is 10.9 Å². The highest BCUT2D eigenvalue weighted by Gasteiger charge is 2.34. The van der Waals surface area contributed by atoms with Crippen LogP contribution in [0.5, 0.6) is 0 Å². The molecular weight excluding hydrogens is 434 g/mol. The molecule has 11 nitrogen and oxygen atoms in total. The molecule has 1 fully saturated rings. The van der Waals surface area contributed by atoms with Crippen molar-refractivity contribution in [3.05, 3.63) is 63.6 Å². The highest BCUT2D eigenvalue weighted by Crippen LogP contribution is 2.22. The van der Waals surface area contributed by atoms with E-state index in [4.69, 9.17) is 0 Å². The summed E-state index contributed by atoms with van der Waals surface area (Å²) >= 11 is 0. The summed E-state index contributed by atoms with van der Waals surface area (Å²) in [7, 11) is -7.72. The van der Waals surface area contributed by atoms with Crippen LogP contribution in [0.3, 0.4) is 0 Å². The Labute approximate surface area is 171 Å². The first-order chi connectivity index (χ1) is 14.2. The number of nitrogens with zero attached hydrogens (tertiary/aromatic N) is 3. The predicted molar refractivity (Wildman–Crippen MR) is 107 cm³/mol. The molecule has 0 amide bonds. The molecule has 0 radical (unpaired) electrons. The zero-order chi connectivity index (χ0) is 21.5. The highest BCUT2D eigenvalue weighted by atomic mass is 32.2. The van der Waals surface area contributed by atoms with Gasteiger partial charge in [0.15, 0.2) is 0 Å². The summed E-state index contributed by atoms with van der Waals surface area (Å²) in [6, 6.07) is 6.79. The van der Waals surface area contributed by atoms with Gasteiger partial charge >= 0.3 is 5.69 Å². The molecule has 30 heavy (non-hydrogen) atoms. The van der Waals surface area contributed by atoms with Crippen LogP contribution in [0.2, 0.25) is 0 Å². The summed E-state index contributed by atoms with van der Waals surface area (Å²) < 4.78 is 53.7. The molecule has 1 aliphatic rings. The molecule has 0 bridgehead atoms. The molecule has 0 unspecified atom stereocenters. The maximum atomic E-state index is 13.0. The van der Waals surface area contributed by atoms with E-state index in [1.54, 1.807) is 0 Å². The van der Waals surface area contributed by atoms with Crippen molar-refractivity contribution in [2.45, 2.75) is 9.79 Å². The molecule has 4 rings (SSSR count). The second-order valence-electron chi connectivity index (χ2n) is 6.61. The van der Waals surface area contributed by atoms with Gasteiger partial charge in [-0.2, -0.15) is 8.61 Å². The zero-order valence-corrected chi connectivity index (χ0v) is 17.1. The van der Waals surface area contributed by atoms with Crippen molar-refractivity contribution in [1.82, 2.24) is 23.6 Å². The number of fused-ring (bicyclic) bond motifs is 1. The van der Waals surface area contributed by atoms with Crippen LogP contribution in [0.15, 0.2) is 62.1 Å².